The standard InChI is InChI=1S/C15H13NO/c1-2-13-11-7-3-5-10-6-4-8-12(15(10)11)14(9-16)17-13/h3-8,13-14H,2H2,1H3. The summed E-state index contributed by atoms with van der Waals surface area (Å²) in [5.74, 6) is 0. The molecule has 0 bridgehead atoms. The van der Waals surface area contributed by atoms with Gasteiger partial charge in [0.05, 0.1) is 12.2 Å². The van der Waals surface area contributed by atoms with Crippen LogP contribution in [-0.2, 0) is 4.74 Å². The normalized spacial score (nSPS) is 22.4. The fourth-order valence-corrected chi connectivity index (χ4v) is 2.61. The number of nitriles is 1. The number of ether oxygens (including phenoxy) is 1. The third kappa shape index (κ3) is 1.44. The number of rotatable bonds is 1. The van der Waals surface area contributed by atoms with Crippen molar-refractivity contribution in [3.8, 4) is 6.07 Å². The molecule has 2 unspecified atom stereocenters. The van der Waals surface area contributed by atoms with Crippen LogP contribution in [-0.4, -0.2) is 0 Å². The van der Waals surface area contributed by atoms with E-state index in [1.54, 1.807) is 0 Å². The van der Waals surface area contributed by atoms with Gasteiger partial charge in [-0.25, -0.2) is 0 Å². The summed E-state index contributed by atoms with van der Waals surface area (Å²) in [5, 5.41) is 11.6. The van der Waals surface area contributed by atoms with Crippen molar-refractivity contribution in [2.24, 2.45) is 0 Å². The van der Waals surface area contributed by atoms with Crippen LogP contribution in [0.3, 0.4) is 0 Å². The molecule has 1 aliphatic rings. The second kappa shape index (κ2) is 3.87. The lowest BCUT2D eigenvalue weighted by atomic mass is 9.90. The van der Waals surface area contributed by atoms with E-state index in [-0.39, 0.29) is 6.10 Å². The number of benzene rings is 2. The van der Waals surface area contributed by atoms with Crippen LogP contribution in [0, 0.1) is 11.3 Å². The van der Waals surface area contributed by atoms with Gasteiger partial charge in [0.2, 0.25) is 0 Å². The fraction of sp³-hybridized carbons (Fsp3) is 0.267. The summed E-state index contributed by atoms with van der Waals surface area (Å²) in [5.41, 5.74) is 2.22. The Balaban J connectivity index is 2.37. The molecule has 0 aromatic heterocycles. The molecule has 0 spiro atoms. The summed E-state index contributed by atoms with van der Waals surface area (Å²) in [6.45, 7) is 2.09. The highest BCUT2D eigenvalue weighted by Gasteiger charge is 2.27. The Morgan fingerprint density at radius 2 is 1.88 bits per heavy atom. The molecule has 0 amide bonds. The predicted octanol–water partition coefficient (Wildman–Crippen LogP) is 3.89. The highest BCUT2D eigenvalue weighted by Crippen LogP contribution is 2.41. The lowest BCUT2D eigenvalue weighted by Gasteiger charge is -2.28. The highest BCUT2D eigenvalue weighted by molar-refractivity contribution is 5.90. The minimum absolute atomic E-state index is 0.0400. The van der Waals surface area contributed by atoms with Gasteiger partial charge in [-0.1, -0.05) is 43.3 Å². The van der Waals surface area contributed by atoms with Gasteiger partial charge in [-0.05, 0) is 22.8 Å². The largest absolute Gasteiger partial charge is 0.351 e. The van der Waals surface area contributed by atoms with E-state index in [1.165, 1.54) is 16.3 Å². The Kier molecular flexibility index (Phi) is 2.35. The number of hydrogen-bond donors (Lipinski definition) is 0. The molecule has 0 fully saturated rings. The van der Waals surface area contributed by atoms with Gasteiger partial charge in [0.25, 0.3) is 0 Å². The van der Waals surface area contributed by atoms with Crippen molar-refractivity contribution in [2.45, 2.75) is 25.6 Å². The maximum absolute atomic E-state index is 9.21. The quantitative estimate of drug-likeness (QED) is 0.734. The first kappa shape index (κ1) is 10.3. The van der Waals surface area contributed by atoms with Crippen molar-refractivity contribution in [1.82, 2.24) is 0 Å². The summed E-state index contributed by atoms with van der Waals surface area (Å²) >= 11 is 0. The van der Waals surface area contributed by atoms with Gasteiger partial charge in [0.1, 0.15) is 0 Å². The van der Waals surface area contributed by atoms with Crippen molar-refractivity contribution < 1.29 is 4.74 Å². The molecule has 2 aromatic rings. The molecule has 17 heavy (non-hydrogen) atoms. The molecular weight excluding hydrogens is 210 g/mol. The minimum atomic E-state index is -0.432. The van der Waals surface area contributed by atoms with Crippen molar-refractivity contribution in [3.05, 3.63) is 47.5 Å². The van der Waals surface area contributed by atoms with Crippen LogP contribution in [0.2, 0.25) is 0 Å². The molecular formula is C15H13NO. The molecule has 0 radical (unpaired) electrons. The molecule has 84 valence electrons. The Bertz CT molecular complexity index is 607. The topological polar surface area (TPSA) is 33.0 Å². The van der Waals surface area contributed by atoms with E-state index in [4.69, 9.17) is 4.74 Å². The van der Waals surface area contributed by atoms with Crippen molar-refractivity contribution >= 4 is 10.8 Å². The van der Waals surface area contributed by atoms with Crippen LogP contribution in [0.4, 0.5) is 0 Å². The first-order chi connectivity index (χ1) is 8.35. The van der Waals surface area contributed by atoms with Gasteiger partial charge in [-0.15, -0.1) is 0 Å². The van der Waals surface area contributed by atoms with Gasteiger partial charge >= 0.3 is 0 Å². The second-order valence-electron chi connectivity index (χ2n) is 4.33. The summed E-state index contributed by atoms with van der Waals surface area (Å²) in [6, 6.07) is 14.6. The maximum atomic E-state index is 9.21. The zero-order valence-corrected chi connectivity index (χ0v) is 9.68. The van der Waals surface area contributed by atoms with Crippen LogP contribution in [0.25, 0.3) is 10.8 Å². The molecule has 0 N–H and O–H groups in total. The third-order valence-corrected chi connectivity index (χ3v) is 3.39. The zero-order chi connectivity index (χ0) is 11.8. The Hall–Kier alpha value is -1.85. The van der Waals surface area contributed by atoms with Gasteiger partial charge < -0.3 is 4.74 Å². The molecule has 2 atom stereocenters. The first-order valence-electron chi connectivity index (χ1n) is 5.91. The smallest absolute Gasteiger partial charge is 0.170 e. The summed E-state index contributed by atoms with van der Waals surface area (Å²) < 4.78 is 5.84. The van der Waals surface area contributed by atoms with Crippen LogP contribution in [0.1, 0.15) is 36.7 Å². The van der Waals surface area contributed by atoms with E-state index in [1.807, 2.05) is 12.1 Å². The van der Waals surface area contributed by atoms with E-state index in [0.717, 1.165) is 12.0 Å². The van der Waals surface area contributed by atoms with Crippen molar-refractivity contribution in [1.29, 1.82) is 5.26 Å². The van der Waals surface area contributed by atoms with E-state index < -0.39 is 6.10 Å². The average molecular weight is 223 g/mol. The Labute approximate surface area is 100 Å². The number of nitrogens with zero attached hydrogens (tertiary/aromatic N) is 1. The second-order valence-corrected chi connectivity index (χ2v) is 4.33. The predicted molar refractivity (Wildman–Crippen MR) is 66.4 cm³/mol. The minimum Gasteiger partial charge on any atom is -0.351 e. The van der Waals surface area contributed by atoms with Gasteiger partial charge in [0.15, 0.2) is 6.10 Å². The van der Waals surface area contributed by atoms with Crippen LogP contribution in [0.15, 0.2) is 36.4 Å². The fourth-order valence-electron chi connectivity index (χ4n) is 2.61. The zero-order valence-electron chi connectivity index (χ0n) is 9.68. The average Bonchev–Trinajstić information content (AvgIpc) is 2.40. The van der Waals surface area contributed by atoms with Gasteiger partial charge in [-0.3, -0.25) is 0 Å². The van der Waals surface area contributed by atoms with Crippen LogP contribution in [0.5, 0.6) is 0 Å². The maximum Gasteiger partial charge on any atom is 0.170 e. The SMILES string of the molecule is CCC1OC(C#N)c2cccc3cccc1c23. The molecule has 3 rings (SSSR count). The summed E-state index contributed by atoms with van der Waals surface area (Å²) in [6.07, 6.45) is 0.503. The van der Waals surface area contributed by atoms with E-state index in [0.29, 0.717) is 0 Å². The summed E-state index contributed by atoms with van der Waals surface area (Å²) in [4.78, 5) is 0. The Morgan fingerprint density at radius 1 is 1.18 bits per heavy atom. The molecule has 2 aromatic carbocycles. The molecule has 1 aliphatic heterocycles. The number of hydrogen-bond acceptors (Lipinski definition) is 2. The lowest BCUT2D eigenvalue weighted by Crippen LogP contribution is -2.15. The van der Waals surface area contributed by atoms with Gasteiger partial charge in [0, 0.05) is 5.56 Å². The van der Waals surface area contributed by atoms with E-state index >= 15 is 0 Å². The molecule has 2 nitrogen and oxygen atoms in total. The van der Waals surface area contributed by atoms with Crippen LogP contribution < -0.4 is 0 Å². The van der Waals surface area contributed by atoms with Crippen molar-refractivity contribution in [3.63, 3.8) is 0 Å². The van der Waals surface area contributed by atoms with E-state index in [9.17, 15) is 5.26 Å². The summed E-state index contributed by atoms with van der Waals surface area (Å²) in [7, 11) is 0. The van der Waals surface area contributed by atoms with Crippen molar-refractivity contribution in [2.75, 3.05) is 0 Å². The molecule has 1 heterocycles. The monoisotopic (exact) mass is 223 g/mol. The Morgan fingerprint density at radius 3 is 2.53 bits per heavy atom. The van der Waals surface area contributed by atoms with Gasteiger partial charge in [-0.2, -0.15) is 5.26 Å². The highest BCUT2D eigenvalue weighted by atomic mass is 16.5. The first-order valence-corrected chi connectivity index (χ1v) is 5.91. The van der Waals surface area contributed by atoms with E-state index in [2.05, 4.69) is 37.3 Å². The molecule has 2 heteroatoms. The molecule has 0 saturated heterocycles. The molecule has 0 saturated carbocycles. The molecule has 0 aliphatic carbocycles. The third-order valence-electron chi connectivity index (χ3n) is 3.39. The van der Waals surface area contributed by atoms with Crippen LogP contribution >= 0.6 is 0 Å². The lowest BCUT2D eigenvalue weighted by molar-refractivity contribution is 0.00881.